The highest BCUT2D eigenvalue weighted by Crippen LogP contribution is 2.22. The molecule has 0 amide bonds. The molecule has 0 radical (unpaired) electrons. The van der Waals surface area contributed by atoms with Gasteiger partial charge in [0.2, 0.25) is 0 Å². The first kappa shape index (κ1) is 10.2. The summed E-state index contributed by atoms with van der Waals surface area (Å²) in [7, 11) is 0. The van der Waals surface area contributed by atoms with Crippen LogP contribution >= 0.6 is 23.4 Å². The molecule has 1 rings (SSSR count). The van der Waals surface area contributed by atoms with E-state index in [4.69, 9.17) is 21.6 Å². The summed E-state index contributed by atoms with van der Waals surface area (Å²) in [5.41, 5.74) is 0. The van der Waals surface area contributed by atoms with E-state index in [0.717, 1.165) is 11.8 Å². The molecule has 0 spiro atoms. The summed E-state index contributed by atoms with van der Waals surface area (Å²) in [6, 6.07) is 4.02. The zero-order chi connectivity index (χ0) is 9.68. The molecule has 0 fully saturated rings. The fourth-order valence-corrected chi connectivity index (χ4v) is 1.11. The van der Waals surface area contributed by atoms with Crippen LogP contribution in [0.2, 0.25) is 5.02 Å². The Balaban J connectivity index is 2.65. The number of halogens is 2. The molecule has 5 heteroatoms. The third-order valence-electron chi connectivity index (χ3n) is 1.23. The Morgan fingerprint density at radius 2 is 2.38 bits per heavy atom. The van der Waals surface area contributed by atoms with Gasteiger partial charge in [-0.1, -0.05) is 11.6 Å². The van der Waals surface area contributed by atoms with Crippen LogP contribution in [0, 0.1) is 16.5 Å². The summed E-state index contributed by atoms with van der Waals surface area (Å²) in [5, 5.41) is 10.4. The van der Waals surface area contributed by atoms with Crippen molar-refractivity contribution in [3.8, 4) is 11.2 Å². The van der Waals surface area contributed by atoms with E-state index in [1.165, 1.54) is 18.2 Å². The first-order valence-corrected chi connectivity index (χ1v) is 4.69. The lowest BCUT2D eigenvalue weighted by Crippen LogP contribution is -1.94. The van der Waals surface area contributed by atoms with Crippen LogP contribution < -0.4 is 4.74 Å². The van der Waals surface area contributed by atoms with Gasteiger partial charge in [-0.3, -0.25) is 0 Å². The van der Waals surface area contributed by atoms with Gasteiger partial charge < -0.3 is 4.74 Å². The number of thiocyanates is 1. The number of nitrogens with zero attached hydrogens (tertiary/aromatic N) is 1. The zero-order valence-electron chi connectivity index (χ0n) is 6.46. The van der Waals surface area contributed by atoms with Crippen molar-refractivity contribution < 1.29 is 9.13 Å². The smallest absolute Gasteiger partial charge is 0.165 e. The van der Waals surface area contributed by atoms with E-state index in [1.807, 2.05) is 5.40 Å². The average Bonchev–Trinajstić information content (AvgIpc) is 2.11. The van der Waals surface area contributed by atoms with Gasteiger partial charge in [0.1, 0.15) is 11.3 Å². The third-order valence-corrected chi connectivity index (χ3v) is 1.83. The van der Waals surface area contributed by atoms with E-state index in [9.17, 15) is 4.39 Å². The van der Waals surface area contributed by atoms with E-state index in [-0.39, 0.29) is 11.7 Å². The highest BCUT2D eigenvalue weighted by molar-refractivity contribution is 8.03. The Morgan fingerprint density at radius 3 is 3.08 bits per heavy atom. The van der Waals surface area contributed by atoms with Gasteiger partial charge in [-0.2, -0.15) is 5.26 Å². The summed E-state index contributed by atoms with van der Waals surface area (Å²) in [6.45, 7) is 0. The van der Waals surface area contributed by atoms with Gasteiger partial charge in [-0.05, 0) is 23.9 Å². The van der Waals surface area contributed by atoms with Crippen molar-refractivity contribution in [3.05, 3.63) is 29.0 Å². The van der Waals surface area contributed by atoms with E-state index in [2.05, 4.69) is 0 Å². The number of benzene rings is 1. The van der Waals surface area contributed by atoms with Gasteiger partial charge >= 0.3 is 0 Å². The van der Waals surface area contributed by atoms with Crippen molar-refractivity contribution in [1.29, 1.82) is 5.26 Å². The summed E-state index contributed by atoms with van der Waals surface area (Å²) in [5.74, 6) is -0.327. The van der Waals surface area contributed by atoms with Crippen molar-refractivity contribution in [3.63, 3.8) is 0 Å². The molecule has 68 valence electrons. The third kappa shape index (κ3) is 3.13. The fourth-order valence-electron chi connectivity index (χ4n) is 0.707. The molecule has 0 bridgehead atoms. The van der Waals surface area contributed by atoms with E-state index in [0.29, 0.717) is 5.02 Å². The summed E-state index contributed by atoms with van der Waals surface area (Å²) in [6.07, 6.45) is 0. The maximum Gasteiger partial charge on any atom is 0.165 e. The molecule has 0 aromatic heterocycles. The number of thioether (sulfide) groups is 1. The molecule has 0 atom stereocenters. The van der Waals surface area contributed by atoms with E-state index in [1.54, 1.807) is 0 Å². The van der Waals surface area contributed by atoms with Crippen LogP contribution in [-0.2, 0) is 0 Å². The molecule has 0 N–H and O–H groups in total. The molecular formula is C8H5ClFNOS. The quantitative estimate of drug-likeness (QED) is 0.443. The highest BCUT2D eigenvalue weighted by Gasteiger charge is 2.03. The lowest BCUT2D eigenvalue weighted by atomic mass is 10.3. The molecule has 13 heavy (non-hydrogen) atoms. The van der Waals surface area contributed by atoms with E-state index < -0.39 is 5.82 Å². The van der Waals surface area contributed by atoms with Gasteiger partial charge in [-0.25, -0.2) is 4.39 Å². The standard InChI is InChI=1S/C8H5ClFNOS/c9-6-1-2-7(10)8(3-6)12-5-13-4-11/h1-3H,5H2. The number of hydrogen-bond acceptors (Lipinski definition) is 3. The molecule has 0 saturated carbocycles. The van der Waals surface area contributed by atoms with Crippen LogP contribution in [0.1, 0.15) is 0 Å². The maximum atomic E-state index is 12.9. The molecule has 0 heterocycles. The van der Waals surface area contributed by atoms with Gasteiger partial charge in [-0.15, -0.1) is 0 Å². The van der Waals surface area contributed by atoms with Crippen LogP contribution in [-0.4, -0.2) is 5.94 Å². The van der Waals surface area contributed by atoms with Crippen LogP contribution in [0.3, 0.4) is 0 Å². The second-order valence-electron chi connectivity index (χ2n) is 2.07. The zero-order valence-corrected chi connectivity index (χ0v) is 8.03. The fraction of sp³-hybridized carbons (Fsp3) is 0.125. The SMILES string of the molecule is N#CSCOc1cc(Cl)ccc1F. The Kier molecular flexibility index (Phi) is 3.87. The Labute approximate surface area is 84.3 Å². The molecule has 0 aliphatic heterocycles. The summed E-state index contributed by atoms with van der Waals surface area (Å²) < 4.78 is 17.9. The van der Waals surface area contributed by atoms with Crippen LogP contribution in [0.4, 0.5) is 4.39 Å². The lowest BCUT2D eigenvalue weighted by molar-refractivity contribution is 0.368. The van der Waals surface area contributed by atoms with Crippen molar-refractivity contribution in [1.82, 2.24) is 0 Å². The second-order valence-corrected chi connectivity index (χ2v) is 3.22. The Morgan fingerprint density at radius 1 is 1.62 bits per heavy atom. The lowest BCUT2D eigenvalue weighted by Gasteiger charge is -2.03. The van der Waals surface area contributed by atoms with Crippen LogP contribution in [0.5, 0.6) is 5.75 Å². The number of ether oxygens (including phenoxy) is 1. The molecule has 0 aliphatic rings. The molecule has 0 aliphatic carbocycles. The van der Waals surface area contributed by atoms with Gasteiger partial charge in [0.25, 0.3) is 0 Å². The van der Waals surface area contributed by atoms with E-state index >= 15 is 0 Å². The highest BCUT2D eigenvalue weighted by atomic mass is 35.5. The first-order chi connectivity index (χ1) is 6.24. The molecule has 1 aromatic carbocycles. The topological polar surface area (TPSA) is 33.0 Å². The van der Waals surface area contributed by atoms with Crippen molar-refractivity contribution >= 4 is 23.4 Å². The van der Waals surface area contributed by atoms with Gasteiger partial charge in [0.15, 0.2) is 11.6 Å². The van der Waals surface area contributed by atoms with Crippen LogP contribution in [0.15, 0.2) is 18.2 Å². The molecule has 2 nitrogen and oxygen atoms in total. The Hall–Kier alpha value is -0.920. The monoisotopic (exact) mass is 217 g/mol. The normalized spacial score (nSPS) is 9.31. The Bertz CT molecular complexity index is 339. The minimum atomic E-state index is -0.483. The van der Waals surface area contributed by atoms with Gasteiger partial charge in [0, 0.05) is 11.1 Å². The number of nitriles is 1. The second kappa shape index (κ2) is 4.95. The van der Waals surface area contributed by atoms with Crippen molar-refractivity contribution in [2.24, 2.45) is 0 Å². The number of rotatable bonds is 3. The summed E-state index contributed by atoms with van der Waals surface area (Å²) in [4.78, 5) is 0. The van der Waals surface area contributed by atoms with Gasteiger partial charge in [0.05, 0.1) is 0 Å². The average molecular weight is 218 g/mol. The largest absolute Gasteiger partial charge is 0.479 e. The minimum absolute atomic E-state index is 0.0650. The predicted octanol–water partition coefficient (Wildman–Crippen LogP) is 3.03. The first-order valence-electron chi connectivity index (χ1n) is 3.33. The molecule has 1 aromatic rings. The predicted molar refractivity (Wildman–Crippen MR) is 50.1 cm³/mol. The number of hydrogen-bond donors (Lipinski definition) is 0. The van der Waals surface area contributed by atoms with Crippen molar-refractivity contribution in [2.75, 3.05) is 5.94 Å². The molecule has 0 unspecified atom stereocenters. The molecule has 0 saturated heterocycles. The minimum Gasteiger partial charge on any atom is -0.479 e. The van der Waals surface area contributed by atoms with Crippen LogP contribution in [0.25, 0.3) is 0 Å². The van der Waals surface area contributed by atoms with Crippen molar-refractivity contribution in [2.45, 2.75) is 0 Å². The maximum absolute atomic E-state index is 12.9. The summed E-state index contributed by atoms with van der Waals surface area (Å²) >= 11 is 6.50. The molecular weight excluding hydrogens is 213 g/mol.